The molecule has 0 heterocycles. The van der Waals surface area contributed by atoms with Gasteiger partial charge in [-0.2, -0.15) is 11.8 Å². The van der Waals surface area contributed by atoms with E-state index in [0.29, 0.717) is 16.5 Å². The maximum Gasteiger partial charge on any atom is 0.115 e. The second-order valence-electron chi connectivity index (χ2n) is 4.94. The topological polar surface area (TPSA) is 32.3 Å². The molecule has 0 amide bonds. The summed E-state index contributed by atoms with van der Waals surface area (Å²) < 4.78 is 0.463. The smallest absolute Gasteiger partial charge is 0.115 e. The molecule has 2 rings (SSSR count). The number of hydrogen-bond acceptors (Lipinski definition) is 3. The number of phenols is 1. The molecular weight excluding hydrogens is 230 g/mol. The molecule has 1 fully saturated rings. The molecule has 0 spiro atoms. The Bertz CT molecular complexity index is 371. The van der Waals surface area contributed by atoms with E-state index in [0.717, 1.165) is 12.1 Å². The predicted molar refractivity (Wildman–Crippen MR) is 74.6 cm³/mol. The molecule has 94 valence electrons. The number of benzene rings is 1. The van der Waals surface area contributed by atoms with Crippen LogP contribution in [0.15, 0.2) is 24.3 Å². The highest BCUT2D eigenvalue weighted by molar-refractivity contribution is 8.00. The largest absolute Gasteiger partial charge is 0.508 e. The molecule has 17 heavy (non-hydrogen) atoms. The zero-order chi connectivity index (χ0) is 12.3. The Morgan fingerprint density at radius 1 is 1.47 bits per heavy atom. The Labute approximate surface area is 108 Å². The summed E-state index contributed by atoms with van der Waals surface area (Å²) in [7, 11) is 0. The summed E-state index contributed by atoms with van der Waals surface area (Å²) in [5.41, 5.74) is 1.15. The van der Waals surface area contributed by atoms with Gasteiger partial charge in [0, 0.05) is 17.3 Å². The Kier molecular flexibility index (Phi) is 4.00. The lowest BCUT2D eigenvalue weighted by molar-refractivity contribution is 0.334. The van der Waals surface area contributed by atoms with Gasteiger partial charge in [0.25, 0.3) is 0 Å². The van der Waals surface area contributed by atoms with Crippen molar-refractivity contribution in [1.82, 2.24) is 5.32 Å². The molecule has 1 atom stereocenters. The van der Waals surface area contributed by atoms with Crippen LogP contribution in [0.25, 0.3) is 0 Å². The molecule has 0 bridgehead atoms. The van der Waals surface area contributed by atoms with E-state index in [1.807, 2.05) is 23.9 Å². The molecule has 3 heteroatoms. The van der Waals surface area contributed by atoms with Crippen molar-refractivity contribution in [2.75, 3.05) is 12.8 Å². The first-order valence-electron chi connectivity index (χ1n) is 6.23. The number of nitrogens with one attached hydrogen (secondary N) is 1. The number of thioether (sulfide) groups is 1. The average Bonchev–Trinajstić information content (AvgIpc) is 2.28. The molecule has 0 aromatic heterocycles. The van der Waals surface area contributed by atoms with Gasteiger partial charge in [-0.15, -0.1) is 0 Å². The molecule has 1 aromatic rings. The third kappa shape index (κ3) is 2.96. The van der Waals surface area contributed by atoms with E-state index in [2.05, 4.69) is 24.6 Å². The van der Waals surface area contributed by atoms with Crippen LogP contribution < -0.4 is 5.32 Å². The summed E-state index contributed by atoms with van der Waals surface area (Å²) in [6.45, 7) is 3.21. The van der Waals surface area contributed by atoms with Gasteiger partial charge in [-0.05, 0) is 43.7 Å². The highest BCUT2D eigenvalue weighted by Crippen LogP contribution is 2.42. The fourth-order valence-corrected chi connectivity index (χ4v) is 3.20. The van der Waals surface area contributed by atoms with Crippen molar-refractivity contribution in [3.63, 3.8) is 0 Å². The van der Waals surface area contributed by atoms with E-state index in [1.165, 1.54) is 19.3 Å². The average molecular weight is 251 g/mol. The maximum absolute atomic E-state index is 9.46. The number of phenolic OH excluding ortho intramolecular Hbond substituents is 1. The van der Waals surface area contributed by atoms with Gasteiger partial charge in [0.15, 0.2) is 0 Å². The van der Waals surface area contributed by atoms with E-state index >= 15 is 0 Å². The third-order valence-electron chi connectivity index (χ3n) is 3.80. The molecule has 1 saturated carbocycles. The van der Waals surface area contributed by atoms with Crippen molar-refractivity contribution in [2.24, 2.45) is 0 Å². The normalized spacial score (nSPS) is 19.6. The lowest BCUT2D eigenvalue weighted by Gasteiger charge is -2.41. The lowest BCUT2D eigenvalue weighted by atomic mass is 9.84. The van der Waals surface area contributed by atoms with Crippen molar-refractivity contribution in [1.29, 1.82) is 0 Å². The zero-order valence-electron chi connectivity index (χ0n) is 10.6. The van der Waals surface area contributed by atoms with Gasteiger partial charge >= 0.3 is 0 Å². The van der Waals surface area contributed by atoms with Gasteiger partial charge in [0.2, 0.25) is 0 Å². The maximum atomic E-state index is 9.46. The van der Waals surface area contributed by atoms with Gasteiger partial charge in [-0.25, -0.2) is 0 Å². The molecule has 1 aromatic carbocycles. The molecule has 1 unspecified atom stereocenters. The van der Waals surface area contributed by atoms with E-state index in [9.17, 15) is 5.11 Å². The standard InChI is InChI=1S/C14H21NOS/c1-11(12-5-3-6-13(16)9-12)15-10-14(17-2)7-4-8-14/h3,5-6,9,11,15-16H,4,7-8,10H2,1-2H3. The minimum atomic E-state index is 0.298. The van der Waals surface area contributed by atoms with Crippen LogP contribution in [0.2, 0.25) is 0 Å². The highest BCUT2D eigenvalue weighted by Gasteiger charge is 2.35. The molecule has 2 nitrogen and oxygen atoms in total. The summed E-state index contributed by atoms with van der Waals surface area (Å²) in [5.74, 6) is 0.347. The molecule has 2 N–H and O–H groups in total. The molecule has 1 aliphatic carbocycles. The van der Waals surface area contributed by atoms with Crippen LogP contribution in [-0.4, -0.2) is 22.7 Å². The van der Waals surface area contributed by atoms with Gasteiger partial charge < -0.3 is 10.4 Å². The number of rotatable bonds is 5. The monoisotopic (exact) mass is 251 g/mol. The van der Waals surface area contributed by atoms with Gasteiger partial charge in [0.05, 0.1) is 0 Å². The fourth-order valence-electron chi connectivity index (χ4n) is 2.28. The van der Waals surface area contributed by atoms with E-state index in [-0.39, 0.29) is 0 Å². The molecule has 0 aliphatic heterocycles. The summed E-state index contributed by atoms with van der Waals surface area (Å²) >= 11 is 1.99. The van der Waals surface area contributed by atoms with Crippen LogP contribution in [0.3, 0.4) is 0 Å². The minimum absolute atomic E-state index is 0.298. The first kappa shape index (κ1) is 12.8. The van der Waals surface area contributed by atoms with Crippen molar-refractivity contribution in [3.05, 3.63) is 29.8 Å². The van der Waals surface area contributed by atoms with E-state index < -0.39 is 0 Å². The van der Waals surface area contributed by atoms with E-state index in [4.69, 9.17) is 0 Å². The molecule has 0 radical (unpaired) electrons. The second-order valence-corrected chi connectivity index (χ2v) is 6.21. The first-order valence-corrected chi connectivity index (χ1v) is 7.45. The summed E-state index contributed by atoms with van der Waals surface area (Å²) in [5, 5.41) is 13.0. The SMILES string of the molecule is CSC1(CNC(C)c2cccc(O)c2)CCC1. The molecule has 0 saturated heterocycles. The molecule has 1 aliphatic rings. The Balaban J connectivity index is 1.91. The summed E-state index contributed by atoms with van der Waals surface area (Å²) in [6, 6.07) is 7.81. The van der Waals surface area contributed by atoms with Crippen LogP contribution in [0, 0.1) is 0 Å². The van der Waals surface area contributed by atoms with Crippen LogP contribution in [0.1, 0.15) is 37.8 Å². The highest BCUT2D eigenvalue weighted by atomic mass is 32.2. The number of hydrogen-bond donors (Lipinski definition) is 2. The van der Waals surface area contributed by atoms with Crippen molar-refractivity contribution >= 4 is 11.8 Å². The number of aromatic hydroxyl groups is 1. The molecular formula is C14H21NOS. The summed E-state index contributed by atoms with van der Waals surface area (Å²) in [4.78, 5) is 0. The second kappa shape index (κ2) is 5.32. The third-order valence-corrected chi connectivity index (χ3v) is 5.22. The van der Waals surface area contributed by atoms with Crippen LogP contribution in [0.4, 0.5) is 0 Å². The van der Waals surface area contributed by atoms with Gasteiger partial charge in [-0.1, -0.05) is 18.6 Å². The predicted octanol–water partition coefficient (Wildman–Crippen LogP) is 3.33. The Hall–Kier alpha value is -0.670. The van der Waals surface area contributed by atoms with Crippen LogP contribution in [-0.2, 0) is 0 Å². The Morgan fingerprint density at radius 3 is 2.76 bits per heavy atom. The quantitative estimate of drug-likeness (QED) is 0.842. The van der Waals surface area contributed by atoms with Gasteiger partial charge in [0.1, 0.15) is 5.75 Å². The van der Waals surface area contributed by atoms with Crippen molar-refractivity contribution in [2.45, 2.75) is 37.0 Å². The Morgan fingerprint density at radius 2 is 2.24 bits per heavy atom. The van der Waals surface area contributed by atoms with Gasteiger partial charge in [-0.3, -0.25) is 0 Å². The zero-order valence-corrected chi connectivity index (χ0v) is 11.4. The van der Waals surface area contributed by atoms with Crippen LogP contribution in [0.5, 0.6) is 5.75 Å². The van der Waals surface area contributed by atoms with E-state index in [1.54, 1.807) is 6.07 Å². The fraction of sp³-hybridized carbons (Fsp3) is 0.571. The van der Waals surface area contributed by atoms with Crippen molar-refractivity contribution < 1.29 is 5.11 Å². The van der Waals surface area contributed by atoms with Crippen molar-refractivity contribution in [3.8, 4) is 5.75 Å². The lowest BCUT2D eigenvalue weighted by Crippen LogP contribution is -2.43. The van der Waals surface area contributed by atoms with Crippen LogP contribution >= 0.6 is 11.8 Å². The summed E-state index contributed by atoms with van der Waals surface area (Å²) in [6.07, 6.45) is 6.23. The minimum Gasteiger partial charge on any atom is -0.508 e. The first-order chi connectivity index (χ1) is 8.15.